The van der Waals surface area contributed by atoms with E-state index in [0.29, 0.717) is 6.54 Å². The number of methoxy groups -OCH3 is 2. The average molecular weight is 447 g/mol. The Bertz CT molecular complexity index is 895. The second kappa shape index (κ2) is 11.2. The number of rotatable bonds is 11. The minimum absolute atomic E-state index is 0.233. The molecule has 0 heterocycles. The van der Waals surface area contributed by atoms with Crippen LogP contribution < -0.4 is 10.6 Å². The van der Waals surface area contributed by atoms with Crippen molar-refractivity contribution in [3.8, 4) is 0 Å². The van der Waals surface area contributed by atoms with Crippen LogP contribution in [0.2, 0.25) is 0 Å². The third kappa shape index (κ3) is 5.88. The Labute approximate surface area is 197 Å². The van der Waals surface area contributed by atoms with Crippen LogP contribution in [-0.4, -0.2) is 44.9 Å². The molecule has 0 saturated carbocycles. The van der Waals surface area contributed by atoms with Gasteiger partial charge in [0.25, 0.3) is 0 Å². The lowest BCUT2D eigenvalue weighted by molar-refractivity contribution is -0.145. The maximum atomic E-state index is 12.3. The minimum atomic E-state index is -0.579. The second-order valence-corrected chi connectivity index (χ2v) is 8.76. The van der Waals surface area contributed by atoms with Crippen molar-refractivity contribution in [3.63, 3.8) is 0 Å². The topological polar surface area (TPSA) is 59.6 Å². The summed E-state index contributed by atoms with van der Waals surface area (Å²) >= 11 is 0. The molecule has 0 fully saturated rings. The molecule has 5 nitrogen and oxygen atoms in total. The number of esters is 1. The highest BCUT2D eigenvalue weighted by Gasteiger charge is 2.38. The van der Waals surface area contributed by atoms with E-state index in [4.69, 9.17) is 9.47 Å². The van der Waals surface area contributed by atoms with Crippen LogP contribution in [0, 0.1) is 0 Å². The molecule has 0 saturated heterocycles. The van der Waals surface area contributed by atoms with Crippen molar-refractivity contribution >= 4 is 5.97 Å². The maximum absolute atomic E-state index is 12.3. The van der Waals surface area contributed by atoms with E-state index in [1.807, 2.05) is 18.2 Å². The van der Waals surface area contributed by atoms with Gasteiger partial charge >= 0.3 is 5.97 Å². The van der Waals surface area contributed by atoms with Crippen LogP contribution in [0.3, 0.4) is 0 Å². The molecule has 1 atom stereocenters. The fourth-order valence-electron chi connectivity index (χ4n) is 4.22. The number of ether oxygens (including phenoxy) is 2. The van der Waals surface area contributed by atoms with Crippen LogP contribution in [-0.2, 0) is 19.8 Å². The van der Waals surface area contributed by atoms with Crippen molar-refractivity contribution in [1.82, 2.24) is 10.6 Å². The van der Waals surface area contributed by atoms with Gasteiger partial charge in [0.15, 0.2) is 0 Å². The summed E-state index contributed by atoms with van der Waals surface area (Å²) in [6.45, 7) is 4.94. The number of hydrogen-bond acceptors (Lipinski definition) is 5. The lowest BCUT2D eigenvalue weighted by Crippen LogP contribution is -2.59. The van der Waals surface area contributed by atoms with Gasteiger partial charge in [0.2, 0.25) is 0 Å². The predicted octanol–water partition coefficient (Wildman–Crippen LogP) is 4.12. The molecule has 2 N–H and O–H groups in total. The van der Waals surface area contributed by atoms with Gasteiger partial charge in [-0.25, -0.2) is 0 Å². The smallest absolute Gasteiger partial charge is 0.325 e. The highest BCUT2D eigenvalue weighted by molar-refractivity contribution is 5.75. The third-order valence-corrected chi connectivity index (χ3v) is 5.80. The first-order valence-corrected chi connectivity index (χ1v) is 11.2. The molecule has 0 aliphatic heterocycles. The Balaban J connectivity index is 2.03. The zero-order chi connectivity index (χ0) is 23.7. The van der Waals surface area contributed by atoms with E-state index in [-0.39, 0.29) is 12.6 Å². The number of carbonyl (C=O) groups excluding carboxylic acids is 1. The Morgan fingerprint density at radius 1 is 0.788 bits per heavy atom. The van der Waals surface area contributed by atoms with Gasteiger partial charge in [0, 0.05) is 19.2 Å². The van der Waals surface area contributed by atoms with E-state index in [1.54, 1.807) is 7.11 Å². The van der Waals surface area contributed by atoms with E-state index in [9.17, 15) is 4.79 Å². The molecule has 0 aliphatic rings. The van der Waals surface area contributed by atoms with Crippen LogP contribution >= 0.6 is 0 Å². The van der Waals surface area contributed by atoms with Crippen LogP contribution in [0.25, 0.3) is 0 Å². The zero-order valence-electron chi connectivity index (χ0n) is 19.9. The lowest BCUT2D eigenvalue weighted by Gasteiger charge is -2.41. The third-order valence-electron chi connectivity index (χ3n) is 5.80. The summed E-state index contributed by atoms with van der Waals surface area (Å²) in [4.78, 5) is 12.3. The molecular formula is C28H34N2O3. The van der Waals surface area contributed by atoms with Crippen molar-refractivity contribution in [3.05, 3.63) is 108 Å². The molecule has 0 aromatic heterocycles. The number of carbonyl (C=O) groups is 1. The van der Waals surface area contributed by atoms with E-state index >= 15 is 0 Å². The summed E-state index contributed by atoms with van der Waals surface area (Å²) < 4.78 is 10.2. The van der Waals surface area contributed by atoms with Gasteiger partial charge in [-0.15, -0.1) is 0 Å². The first-order chi connectivity index (χ1) is 15.9. The summed E-state index contributed by atoms with van der Waals surface area (Å²) in [6.07, 6.45) is 0. The molecule has 3 aromatic carbocycles. The minimum Gasteiger partial charge on any atom is -0.468 e. The molecule has 5 heteroatoms. The highest BCUT2D eigenvalue weighted by atomic mass is 16.5. The van der Waals surface area contributed by atoms with Gasteiger partial charge in [-0.2, -0.15) is 0 Å². The molecule has 0 aliphatic carbocycles. The summed E-state index contributed by atoms with van der Waals surface area (Å²) in [5.74, 6) is -0.342. The predicted molar refractivity (Wildman–Crippen MR) is 132 cm³/mol. The van der Waals surface area contributed by atoms with Crippen molar-refractivity contribution < 1.29 is 14.3 Å². The number of benzene rings is 3. The fourth-order valence-corrected chi connectivity index (χ4v) is 4.22. The average Bonchev–Trinajstić information content (AvgIpc) is 2.85. The van der Waals surface area contributed by atoms with E-state index in [2.05, 4.69) is 97.3 Å². The van der Waals surface area contributed by atoms with E-state index in [0.717, 1.165) is 16.7 Å². The van der Waals surface area contributed by atoms with Crippen LogP contribution in [0.5, 0.6) is 0 Å². The summed E-state index contributed by atoms with van der Waals surface area (Å²) in [6, 6.07) is 30.8. The highest BCUT2D eigenvalue weighted by Crippen LogP contribution is 2.37. The van der Waals surface area contributed by atoms with Crippen LogP contribution in [0.4, 0.5) is 0 Å². The van der Waals surface area contributed by atoms with E-state index in [1.165, 1.54) is 7.11 Å². The first-order valence-electron chi connectivity index (χ1n) is 11.2. The Kier molecular flexibility index (Phi) is 8.39. The van der Waals surface area contributed by atoms with Gasteiger partial charge in [0.1, 0.15) is 6.04 Å². The molecule has 3 rings (SSSR count). The Hall–Kier alpha value is -2.99. The van der Waals surface area contributed by atoms with Crippen LogP contribution in [0.1, 0.15) is 30.5 Å². The lowest BCUT2D eigenvalue weighted by atomic mass is 9.76. The molecule has 3 aromatic rings. The quantitative estimate of drug-likeness (QED) is 0.343. The van der Waals surface area contributed by atoms with Gasteiger partial charge in [0.05, 0.1) is 19.3 Å². The second-order valence-electron chi connectivity index (χ2n) is 8.76. The maximum Gasteiger partial charge on any atom is 0.325 e. The largest absolute Gasteiger partial charge is 0.468 e. The fraction of sp³-hybridized carbons (Fsp3) is 0.321. The zero-order valence-corrected chi connectivity index (χ0v) is 19.9. The molecular weight excluding hydrogens is 412 g/mol. The standard InChI is InChI=1S/C28H34N2O3/c1-27(2,30-25(20-32-3)26(31)33-4)21-29-28(22-14-8-5-9-15-22,23-16-10-6-11-17-23)24-18-12-7-13-19-24/h5-19,25,29-30H,20-21H2,1-4H3/t25-/m0/s1. The molecule has 0 spiro atoms. The molecule has 33 heavy (non-hydrogen) atoms. The van der Waals surface area contributed by atoms with Crippen molar-refractivity contribution in [2.24, 2.45) is 0 Å². The van der Waals surface area contributed by atoms with E-state index < -0.39 is 17.1 Å². The Morgan fingerprint density at radius 3 is 1.58 bits per heavy atom. The first kappa shape index (κ1) is 24.6. The normalized spacial score (nSPS) is 12.8. The summed E-state index contributed by atoms with van der Waals surface area (Å²) in [7, 11) is 2.97. The van der Waals surface area contributed by atoms with Crippen LogP contribution in [0.15, 0.2) is 91.0 Å². The van der Waals surface area contributed by atoms with Gasteiger partial charge in [-0.3, -0.25) is 15.4 Å². The number of hydrogen-bond donors (Lipinski definition) is 2. The molecule has 0 unspecified atom stereocenters. The van der Waals surface area contributed by atoms with Crippen molar-refractivity contribution in [2.45, 2.75) is 31.0 Å². The summed E-state index contributed by atoms with van der Waals surface area (Å²) in [5, 5.41) is 7.28. The molecule has 174 valence electrons. The molecule has 0 bridgehead atoms. The van der Waals surface area contributed by atoms with Gasteiger partial charge < -0.3 is 9.47 Å². The van der Waals surface area contributed by atoms with Gasteiger partial charge in [-0.05, 0) is 30.5 Å². The van der Waals surface area contributed by atoms with Crippen molar-refractivity contribution in [1.29, 1.82) is 0 Å². The SMILES string of the molecule is COC[C@H](NC(C)(C)CNC(c1ccccc1)(c1ccccc1)c1ccccc1)C(=O)OC. The molecule has 0 amide bonds. The summed E-state index contributed by atoms with van der Waals surface area (Å²) in [5.41, 5.74) is 2.39. The van der Waals surface area contributed by atoms with Gasteiger partial charge in [-0.1, -0.05) is 91.0 Å². The monoisotopic (exact) mass is 446 g/mol. The molecule has 0 radical (unpaired) electrons. The van der Waals surface area contributed by atoms with Crippen molar-refractivity contribution in [2.75, 3.05) is 27.4 Å². The Morgan fingerprint density at radius 2 is 1.21 bits per heavy atom. The number of nitrogens with one attached hydrogen (secondary N) is 2.